The molecule has 0 spiro atoms. The molecule has 2 aromatic heterocycles. The molecule has 0 bridgehead atoms. The molecule has 1 fully saturated rings. The van der Waals surface area contributed by atoms with Crippen LogP contribution < -0.4 is 10.2 Å². The van der Waals surface area contributed by atoms with Gasteiger partial charge in [-0.1, -0.05) is 24.3 Å². The largest absolute Gasteiger partial charge is 0.386 e. The van der Waals surface area contributed by atoms with Crippen LogP contribution in [0.2, 0.25) is 0 Å². The van der Waals surface area contributed by atoms with Crippen molar-refractivity contribution in [3.63, 3.8) is 0 Å². The van der Waals surface area contributed by atoms with Crippen LogP contribution in [-0.2, 0) is 16.8 Å². The number of amides is 1. The number of piperidine rings is 1. The lowest BCUT2D eigenvalue weighted by Gasteiger charge is -2.33. The zero-order chi connectivity index (χ0) is 24.5. The second-order valence-electron chi connectivity index (χ2n) is 9.87. The van der Waals surface area contributed by atoms with Gasteiger partial charge in [0.25, 0.3) is 0 Å². The number of nitrogens with one attached hydrogen (secondary N) is 1. The van der Waals surface area contributed by atoms with Crippen LogP contribution in [0.15, 0.2) is 42.6 Å². The molecule has 1 aromatic carbocycles. The number of benzene rings is 1. The van der Waals surface area contributed by atoms with Crippen LogP contribution in [0.3, 0.4) is 0 Å². The van der Waals surface area contributed by atoms with Crippen LogP contribution in [0.1, 0.15) is 62.2 Å². The SMILES string of the molecule is CC(C)NC(=O)C1CCN(c2cc(CC(=O)c3ccc(C(C)(C)O)cc3)nc3ccnn23)CC1. The molecule has 1 aliphatic rings. The molecule has 0 radical (unpaired) electrons. The summed E-state index contributed by atoms with van der Waals surface area (Å²) >= 11 is 0. The molecule has 34 heavy (non-hydrogen) atoms. The Morgan fingerprint density at radius 3 is 2.44 bits per heavy atom. The highest BCUT2D eigenvalue weighted by atomic mass is 16.3. The molecule has 4 rings (SSSR count). The van der Waals surface area contributed by atoms with E-state index >= 15 is 0 Å². The van der Waals surface area contributed by atoms with Crippen molar-refractivity contribution in [2.24, 2.45) is 5.92 Å². The predicted octanol–water partition coefficient (Wildman–Crippen LogP) is 3.12. The van der Waals surface area contributed by atoms with Crippen LogP contribution >= 0.6 is 0 Å². The van der Waals surface area contributed by atoms with Crippen LogP contribution in [0.5, 0.6) is 0 Å². The average molecular weight is 464 g/mol. The third-order valence-electron chi connectivity index (χ3n) is 6.27. The first-order valence-corrected chi connectivity index (χ1v) is 11.9. The van der Waals surface area contributed by atoms with E-state index in [2.05, 4.69) is 20.3 Å². The fraction of sp³-hybridized carbons (Fsp3) is 0.462. The van der Waals surface area contributed by atoms with Crippen molar-refractivity contribution in [3.8, 4) is 0 Å². The lowest BCUT2D eigenvalue weighted by Crippen LogP contribution is -2.43. The summed E-state index contributed by atoms with van der Waals surface area (Å²) in [6.07, 6.45) is 3.41. The van der Waals surface area contributed by atoms with Crippen molar-refractivity contribution in [3.05, 3.63) is 59.4 Å². The Balaban J connectivity index is 1.50. The average Bonchev–Trinajstić information content (AvgIpc) is 3.26. The number of Topliss-reactive ketones (excluding diaryl/α,β-unsaturated/α-hetero) is 1. The van der Waals surface area contributed by atoms with Crippen molar-refractivity contribution in [2.75, 3.05) is 18.0 Å². The van der Waals surface area contributed by atoms with Crippen molar-refractivity contribution in [2.45, 2.75) is 58.6 Å². The minimum absolute atomic E-state index is 0.0153. The van der Waals surface area contributed by atoms with Gasteiger partial charge in [0.15, 0.2) is 11.4 Å². The Kier molecular flexibility index (Phi) is 6.70. The number of fused-ring (bicyclic) bond motifs is 1. The highest BCUT2D eigenvalue weighted by Crippen LogP contribution is 2.25. The van der Waals surface area contributed by atoms with Gasteiger partial charge in [0, 0.05) is 42.7 Å². The molecule has 2 N–H and O–H groups in total. The van der Waals surface area contributed by atoms with Crippen LogP contribution in [0.4, 0.5) is 5.82 Å². The van der Waals surface area contributed by atoms with E-state index in [9.17, 15) is 14.7 Å². The quantitative estimate of drug-likeness (QED) is 0.522. The minimum atomic E-state index is -0.950. The summed E-state index contributed by atoms with van der Waals surface area (Å²) in [5, 5.41) is 17.6. The van der Waals surface area contributed by atoms with Gasteiger partial charge in [0.2, 0.25) is 5.91 Å². The van der Waals surface area contributed by atoms with Crippen molar-refractivity contribution < 1.29 is 14.7 Å². The second kappa shape index (κ2) is 9.54. The van der Waals surface area contributed by atoms with Gasteiger partial charge in [-0.25, -0.2) is 4.98 Å². The van der Waals surface area contributed by atoms with Crippen molar-refractivity contribution in [1.82, 2.24) is 19.9 Å². The highest BCUT2D eigenvalue weighted by molar-refractivity contribution is 5.97. The van der Waals surface area contributed by atoms with E-state index in [0.29, 0.717) is 16.9 Å². The number of aliphatic hydroxyl groups is 1. The summed E-state index contributed by atoms with van der Waals surface area (Å²) in [5.41, 5.74) is 1.77. The maximum Gasteiger partial charge on any atom is 0.223 e. The zero-order valence-corrected chi connectivity index (χ0v) is 20.3. The van der Waals surface area contributed by atoms with Crippen LogP contribution in [-0.4, -0.2) is 50.5 Å². The van der Waals surface area contributed by atoms with Crippen molar-refractivity contribution in [1.29, 1.82) is 0 Å². The fourth-order valence-corrected chi connectivity index (χ4v) is 4.37. The van der Waals surface area contributed by atoms with Crippen molar-refractivity contribution >= 4 is 23.2 Å². The van der Waals surface area contributed by atoms with E-state index in [1.165, 1.54) is 0 Å². The molecule has 8 heteroatoms. The molecule has 3 aromatic rings. The van der Waals surface area contributed by atoms with E-state index in [1.54, 1.807) is 48.8 Å². The molecule has 180 valence electrons. The summed E-state index contributed by atoms with van der Waals surface area (Å²) < 4.78 is 1.79. The Morgan fingerprint density at radius 2 is 1.82 bits per heavy atom. The monoisotopic (exact) mass is 463 g/mol. The number of carbonyl (C=O) groups is 2. The molecule has 3 heterocycles. The third kappa shape index (κ3) is 5.28. The molecule has 0 unspecified atom stereocenters. The van der Waals surface area contributed by atoms with E-state index in [0.717, 1.165) is 37.3 Å². The lowest BCUT2D eigenvalue weighted by atomic mass is 9.95. The lowest BCUT2D eigenvalue weighted by molar-refractivity contribution is -0.126. The maximum atomic E-state index is 13.0. The number of ketones is 1. The summed E-state index contributed by atoms with van der Waals surface area (Å²) in [7, 11) is 0. The number of aromatic nitrogens is 3. The molecular weight excluding hydrogens is 430 g/mol. The Morgan fingerprint density at radius 1 is 1.15 bits per heavy atom. The van der Waals surface area contributed by atoms with Gasteiger partial charge >= 0.3 is 0 Å². The van der Waals surface area contributed by atoms with Gasteiger partial charge in [0.05, 0.1) is 23.9 Å². The Bertz CT molecular complexity index is 1170. The van der Waals surface area contributed by atoms with E-state index in [4.69, 9.17) is 0 Å². The smallest absolute Gasteiger partial charge is 0.223 e. The number of anilines is 1. The number of hydrogen-bond donors (Lipinski definition) is 2. The molecule has 1 amide bonds. The first-order valence-electron chi connectivity index (χ1n) is 11.9. The molecule has 0 atom stereocenters. The summed E-state index contributed by atoms with van der Waals surface area (Å²) in [5.74, 6) is 0.989. The first kappa shape index (κ1) is 23.9. The van der Waals surface area contributed by atoms with Gasteiger partial charge in [0.1, 0.15) is 5.82 Å². The standard InChI is InChI=1S/C26H33N5O3/c1-17(2)28-25(33)19-10-13-30(14-11-19)24-16-21(29-23-9-12-27-31(23)24)15-22(32)18-5-7-20(8-6-18)26(3,4)34/h5-9,12,16-17,19,34H,10-11,13-15H2,1-4H3,(H,28,33). The van der Waals surface area contributed by atoms with Gasteiger partial charge in [-0.3, -0.25) is 9.59 Å². The summed E-state index contributed by atoms with van der Waals surface area (Å²) in [4.78, 5) is 32.2. The molecule has 1 saturated heterocycles. The van der Waals surface area contributed by atoms with E-state index in [-0.39, 0.29) is 30.1 Å². The van der Waals surface area contributed by atoms with Crippen LogP contribution in [0, 0.1) is 5.92 Å². The van der Waals surface area contributed by atoms with E-state index < -0.39 is 5.60 Å². The van der Waals surface area contributed by atoms with Gasteiger partial charge < -0.3 is 15.3 Å². The molecule has 8 nitrogen and oxygen atoms in total. The van der Waals surface area contributed by atoms with E-state index in [1.807, 2.05) is 26.0 Å². The Hall–Kier alpha value is -3.26. The summed E-state index contributed by atoms with van der Waals surface area (Å²) in [6, 6.07) is 11.0. The number of hydrogen-bond acceptors (Lipinski definition) is 6. The predicted molar refractivity (Wildman–Crippen MR) is 131 cm³/mol. The summed E-state index contributed by atoms with van der Waals surface area (Å²) in [6.45, 7) is 8.86. The van der Waals surface area contributed by atoms with Gasteiger partial charge in [-0.2, -0.15) is 9.61 Å². The van der Waals surface area contributed by atoms with Gasteiger partial charge in [-0.05, 0) is 46.1 Å². The Labute approximate surface area is 200 Å². The zero-order valence-electron chi connectivity index (χ0n) is 20.3. The number of carbonyl (C=O) groups excluding carboxylic acids is 2. The number of nitrogens with zero attached hydrogens (tertiary/aromatic N) is 4. The second-order valence-corrected chi connectivity index (χ2v) is 9.87. The third-order valence-corrected chi connectivity index (χ3v) is 6.27. The molecular formula is C26H33N5O3. The molecule has 1 aliphatic heterocycles. The minimum Gasteiger partial charge on any atom is -0.386 e. The van der Waals surface area contributed by atoms with Gasteiger partial charge in [-0.15, -0.1) is 0 Å². The topological polar surface area (TPSA) is 99.8 Å². The first-order chi connectivity index (χ1) is 16.1. The number of rotatable bonds is 7. The fourth-order valence-electron chi connectivity index (χ4n) is 4.37. The molecule has 0 aliphatic carbocycles. The maximum absolute atomic E-state index is 13.0. The normalized spacial score (nSPS) is 15.2. The molecule has 0 saturated carbocycles. The highest BCUT2D eigenvalue weighted by Gasteiger charge is 2.27. The van der Waals surface area contributed by atoms with Crippen LogP contribution in [0.25, 0.3) is 5.65 Å².